The zero-order valence-electron chi connectivity index (χ0n) is 15.6. The Balaban J connectivity index is 4.68. The van der Waals surface area contributed by atoms with E-state index < -0.39 is 0 Å². The highest BCUT2D eigenvalue weighted by atomic mass is 31.1. The van der Waals surface area contributed by atoms with Crippen LogP contribution in [0.3, 0.4) is 0 Å². The smallest absolute Gasteiger partial charge is 0.0105 e. The zero-order chi connectivity index (χ0) is 15.8. The zero-order valence-corrected chi connectivity index (χ0v) is 17.3. The first-order chi connectivity index (χ1) is 9.41. The van der Waals surface area contributed by atoms with Gasteiger partial charge in [0.1, 0.15) is 0 Å². The summed E-state index contributed by atoms with van der Waals surface area (Å²) in [6, 6.07) is 0. The lowest BCUT2D eigenvalue weighted by Gasteiger charge is -2.41. The number of rotatable bonds is 11. The predicted octanol–water partition coefficient (Wildman–Crippen LogP) is 7.15. The molecule has 20 heavy (non-hydrogen) atoms. The molecule has 0 N–H and O–H groups in total. The van der Waals surface area contributed by atoms with Crippen molar-refractivity contribution in [2.75, 3.05) is 25.7 Å². The molecule has 0 saturated carbocycles. The molecule has 0 nitrogen and oxygen atoms in total. The lowest BCUT2D eigenvalue weighted by Crippen LogP contribution is -2.28. The van der Waals surface area contributed by atoms with Gasteiger partial charge in [0, 0.05) is 0 Å². The van der Waals surface area contributed by atoms with Crippen molar-refractivity contribution in [2.24, 2.45) is 0 Å². The highest BCUT2D eigenvalue weighted by Gasteiger charge is 2.33. The first-order valence-electron chi connectivity index (χ1n) is 8.84. The average molecular weight is 318 g/mol. The molecular weight excluding hydrogens is 278 g/mol. The Morgan fingerprint density at radius 3 is 0.850 bits per heavy atom. The molecule has 2 unspecified atom stereocenters. The second-order valence-electron chi connectivity index (χ2n) is 6.41. The molecule has 0 aromatic heterocycles. The topological polar surface area (TPSA) is 0 Å². The van der Waals surface area contributed by atoms with Gasteiger partial charge in [-0.25, -0.2) is 0 Å². The maximum Gasteiger partial charge on any atom is -0.0105 e. The predicted molar refractivity (Wildman–Crippen MR) is 103 cm³/mol. The summed E-state index contributed by atoms with van der Waals surface area (Å²) in [5, 5.41) is 1.33. The van der Waals surface area contributed by atoms with Crippen molar-refractivity contribution < 1.29 is 0 Å². The van der Waals surface area contributed by atoms with E-state index in [1.165, 1.54) is 50.8 Å². The van der Waals surface area contributed by atoms with Crippen molar-refractivity contribution in [1.29, 1.82) is 0 Å². The van der Waals surface area contributed by atoms with E-state index in [0.29, 0.717) is 10.3 Å². The molecule has 0 rings (SSSR count). The largest absolute Gasteiger partial charge is 0.103 e. The van der Waals surface area contributed by atoms with E-state index in [4.69, 9.17) is 0 Å². The second kappa shape index (κ2) is 9.79. The minimum atomic E-state index is 0.193. The Bertz CT molecular complexity index is 199. The van der Waals surface area contributed by atoms with Gasteiger partial charge in [-0.3, -0.25) is 0 Å². The summed E-state index contributed by atoms with van der Waals surface area (Å²) in [6.45, 7) is 19.6. The summed E-state index contributed by atoms with van der Waals surface area (Å²) in [7, 11) is 0.386. The lowest BCUT2D eigenvalue weighted by molar-refractivity contribution is 0.517. The molecular formula is C18H40P2. The van der Waals surface area contributed by atoms with Gasteiger partial charge in [-0.15, -0.1) is 15.8 Å². The summed E-state index contributed by atoms with van der Waals surface area (Å²) in [4.78, 5) is 0. The quantitative estimate of drug-likeness (QED) is 0.355. The maximum atomic E-state index is 2.58. The summed E-state index contributed by atoms with van der Waals surface area (Å²) < 4.78 is 0. The first kappa shape index (κ1) is 20.9. The monoisotopic (exact) mass is 318 g/mol. The maximum absolute atomic E-state index is 2.58. The van der Waals surface area contributed by atoms with Crippen LogP contribution in [0.1, 0.15) is 80.1 Å². The third-order valence-corrected chi connectivity index (χ3v) is 13.6. The van der Waals surface area contributed by atoms with Gasteiger partial charge in [0.15, 0.2) is 0 Å². The normalized spacial score (nSPS) is 16.2. The molecule has 0 spiro atoms. The third-order valence-electron chi connectivity index (χ3n) is 6.34. The van der Waals surface area contributed by atoms with Crippen molar-refractivity contribution in [1.82, 2.24) is 0 Å². The molecule has 0 aliphatic heterocycles. The van der Waals surface area contributed by atoms with E-state index in [-0.39, 0.29) is 15.8 Å². The van der Waals surface area contributed by atoms with Crippen LogP contribution in [-0.4, -0.2) is 36.0 Å². The van der Waals surface area contributed by atoms with E-state index in [2.05, 4.69) is 54.9 Å². The fourth-order valence-corrected chi connectivity index (χ4v) is 10.5. The van der Waals surface area contributed by atoms with Crippen LogP contribution in [0, 0.1) is 0 Å². The van der Waals surface area contributed by atoms with E-state index in [1.54, 1.807) is 0 Å². The van der Waals surface area contributed by atoms with Crippen LogP contribution in [0.25, 0.3) is 0 Å². The van der Waals surface area contributed by atoms with Crippen LogP contribution >= 0.6 is 15.8 Å². The van der Waals surface area contributed by atoms with Crippen LogP contribution in [0.2, 0.25) is 0 Å². The Morgan fingerprint density at radius 1 is 0.500 bits per heavy atom. The Kier molecular flexibility index (Phi) is 10.2. The summed E-state index contributed by atoms with van der Waals surface area (Å²) in [6.07, 6.45) is 11.3. The minimum Gasteiger partial charge on any atom is -0.103 e. The molecule has 2 atom stereocenters. The minimum absolute atomic E-state index is 0.193. The van der Waals surface area contributed by atoms with E-state index >= 15 is 0 Å². The molecule has 0 aromatic carbocycles. The van der Waals surface area contributed by atoms with Gasteiger partial charge in [0.25, 0.3) is 0 Å². The molecule has 0 aromatic rings. The van der Waals surface area contributed by atoms with Gasteiger partial charge < -0.3 is 0 Å². The van der Waals surface area contributed by atoms with Crippen LogP contribution < -0.4 is 0 Å². The van der Waals surface area contributed by atoms with Crippen LogP contribution in [0.4, 0.5) is 0 Å². The lowest BCUT2D eigenvalue weighted by atomic mass is 9.99. The number of hydrogen-bond donors (Lipinski definition) is 0. The SMILES string of the molecule is CCC(CC)(CC)P(C)CCP(C)C(CC)(CC)CC. The van der Waals surface area contributed by atoms with Gasteiger partial charge in [-0.2, -0.15) is 0 Å². The second-order valence-corrected chi connectivity index (χ2v) is 12.0. The molecule has 0 radical (unpaired) electrons. The fraction of sp³-hybridized carbons (Fsp3) is 1.00. The van der Waals surface area contributed by atoms with Crippen molar-refractivity contribution in [3.05, 3.63) is 0 Å². The molecule has 0 aliphatic rings. The fourth-order valence-electron chi connectivity index (χ4n) is 3.89. The van der Waals surface area contributed by atoms with Gasteiger partial charge in [-0.05, 0) is 74.5 Å². The molecule has 0 heterocycles. The van der Waals surface area contributed by atoms with E-state index in [9.17, 15) is 0 Å². The molecule has 2 heteroatoms. The first-order valence-corrected chi connectivity index (χ1v) is 12.8. The van der Waals surface area contributed by atoms with Crippen LogP contribution in [-0.2, 0) is 0 Å². The standard InChI is InChI=1S/C18H40P2/c1-9-17(10-2,11-3)19(7)15-16-20(8)18(12-4,13-5)14-6/h9-16H2,1-8H3. The van der Waals surface area contributed by atoms with E-state index in [0.717, 1.165) is 0 Å². The van der Waals surface area contributed by atoms with E-state index in [1.807, 2.05) is 0 Å². The molecule has 0 saturated heterocycles. The van der Waals surface area contributed by atoms with Crippen molar-refractivity contribution in [2.45, 2.75) is 90.4 Å². The molecule has 0 amide bonds. The highest BCUT2D eigenvalue weighted by Crippen LogP contribution is 2.58. The summed E-state index contributed by atoms with van der Waals surface area (Å²) >= 11 is 0. The van der Waals surface area contributed by atoms with Gasteiger partial charge in [0.2, 0.25) is 0 Å². The van der Waals surface area contributed by atoms with Gasteiger partial charge >= 0.3 is 0 Å². The highest BCUT2D eigenvalue weighted by molar-refractivity contribution is 7.62. The Hall–Kier alpha value is 0.860. The molecule has 122 valence electrons. The Morgan fingerprint density at radius 2 is 0.700 bits per heavy atom. The van der Waals surface area contributed by atoms with Crippen LogP contribution in [0.5, 0.6) is 0 Å². The molecule has 0 bridgehead atoms. The van der Waals surface area contributed by atoms with Gasteiger partial charge in [-0.1, -0.05) is 41.5 Å². The molecule has 0 aliphatic carbocycles. The average Bonchev–Trinajstić information content (AvgIpc) is 2.49. The molecule has 0 fully saturated rings. The van der Waals surface area contributed by atoms with Gasteiger partial charge in [0.05, 0.1) is 0 Å². The Labute approximate surface area is 132 Å². The van der Waals surface area contributed by atoms with Crippen molar-refractivity contribution in [3.63, 3.8) is 0 Å². The summed E-state index contributed by atoms with van der Waals surface area (Å²) in [5.74, 6) is 0. The van der Waals surface area contributed by atoms with Crippen LogP contribution in [0.15, 0.2) is 0 Å². The third kappa shape index (κ3) is 4.68. The van der Waals surface area contributed by atoms with Crippen molar-refractivity contribution >= 4 is 15.8 Å². The summed E-state index contributed by atoms with van der Waals surface area (Å²) in [5.41, 5.74) is 0. The van der Waals surface area contributed by atoms with Crippen molar-refractivity contribution in [3.8, 4) is 0 Å². The number of hydrogen-bond acceptors (Lipinski definition) is 0.